The van der Waals surface area contributed by atoms with E-state index < -0.39 is 12.1 Å². The fourth-order valence-corrected chi connectivity index (χ4v) is 1.86. The normalized spacial score (nSPS) is 11.6. The molecule has 2 aromatic rings. The molecule has 1 unspecified atom stereocenters. The molecule has 2 rings (SSSR count). The van der Waals surface area contributed by atoms with Crippen LogP contribution in [0.1, 0.15) is 35.5 Å². The van der Waals surface area contributed by atoms with E-state index in [4.69, 9.17) is 14.5 Å². The summed E-state index contributed by atoms with van der Waals surface area (Å²) in [4.78, 5) is 26.0. The second kappa shape index (κ2) is 7.42. The maximum Gasteiger partial charge on any atom is 0.388 e. The number of aromatic nitrogens is 1. The summed E-state index contributed by atoms with van der Waals surface area (Å²) in [5.74, 6) is -0.0170. The van der Waals surface area contributed by atoms with Crippen LogP contribution in [0.4, 0.5) is 0 Å². The number of methoxy groups -OCH3 is 1. The molecule has 6 nitrogen and oxygen atoms in total. The van der Waals surface area contributed by atoms with Gasteiger partial charge in [0.25, 0.3) is 0 Å². The van der Waals surface area contributed by atoms with E-state index in [0.717, 1.165) is 0 Å². The van der Waals surface area contributed by atoms with Crippen molar-refractivity contribution in [3.05, 3.63) is 53.9 Å². The number of carbonyl (C=O) groups is 1. The molecule has 1 N–H and O–H groups in total. The van der Waals surface area contributed by atoms with Crippen LogP contribution in [0.15, 0.2) is 42.6 Å². The van der Waals surface area contributed by atoms with E-state index in [2.05, 4.69) is 4.98 Å². The fraction of sp³-hybridized carbons (Fsp3) is 0.250. The van der Waals surface area contributed by atoms with Gasteiger partial charge in [0, 0.05) is 6.20 Å². The summed E-state index contributed by atoms with van der Waals surface area (Å²) in [6, 6.07) is 9.89. The second-order valence-electron chi connectivity index (χ2n) is 4.47. The largest absolute Gasteiger partial charge is 0.493 e. The van der Waals surface area contributed by atoms with E-state index in [1.165, 1.54) is 19.4 Å². The number of nitrogens with zero attached hydrogens (tertiary/aromatic N) is 1. The number of rotatable bonds is 6. The van der Waals surface area contributed by atoms with Gasteiger partial charge in [0.15, 0.2) is 5.75 Å². The lowest BCUT2D eigenvalue weighted by Crippen LogP contribution is -2.14. The van der Waals surface area contributed by atoms with Crippen LogP contribution in [-0.2, 0) is 4.89 Å². The maximum atomic E-state index is 12.1. The molecule has 0 saturated heterocycles. The lowest BCUT2D eigenvalue weighted by Gasteiger charge is -2.12. The predicted octanol–water partition coefficient (Wildman–Crippen LogP) is 2.68. The Balaban J connectivity index is 2.13. The molecule has 1 aromatic carbocycles. The molecule has 0 saturated carbocycles. The van der Waals surface area contributed by atoms with E-state index in [1.807, 2.05) is 0 Å². The molecule has 1 atom stereocenters. The first-order chi connectivity index (χ1) is 10.7. The van der Waals surface area contributed by atoms with Crippen LogP contribution in [-0.4, -0.2) is 23.2 Å². The van der Waals surface area contributed by atoms with Gasteiger partial charge in [0.1, 0.15) is 0 Å². The van der Waals surface area contributed by atoms with Crippen molar-refractivity contribution in [1.82, 2.24) is 4.98 Å². The van der Waals surface area contributed by atoms with E-state index in [0.29, 0.717) is 12.2 Å². The van der Waals surface area contributed by atoms with Crippen molar-refractivity contribution in [2.24, 2.45) is 0 Å². The molecule has 1 heterocycles. The van der Waals surface area contributed by atoms with Crippen molar-refractivity contribution in [1.29, 1.82) is 0 Å². The molecule has 0 aliphatic carbocycles. The van der Waals surface area contributed by atoms with Crippen molar-refractivity contribution in [2.75, 3.05) is 7.11 Å². The highest BCUT2D eigenvalue weighted by molar-refractivity contribution is 5.90. The van der Waals surface area contributed by atoms with Crippen LogP contribution in [0.25, 0.3) is 0 Å². The highest BCUT2D eigenvalue weighted by atomic mass is 17.2. The SMILES string of the molecule is CCC(O)c1ncccc1C(=O)OOc1ccccc1OC. The molecular formula is C16H17NO5. The molecule has 0 bridgehead atoms. The summed E-state index contributed by atoms with van der Waals surface area (Å²) in [7, 11) is 1.49. The summed E-state index contributed by atoms with van der Waals surface area (Å²) < 4.78 is 5.09. The molecule has 0 fully saturated rings. The number of ether oxygens (including phenoxy) is 1. The molecule has 1 aromatic heterocycles. The first kappa shape index (κ1) is 15.8. The Kier molecular flexibility index (Phi) is 5.32. The molecule has 0 aliphatic heterocycles. The average Bonchev–Trinajstić information content (AvgIpc) is 2.59. The van der Waals surface area contributed by atoms with Crippen molar-refractivity contribution in [3.63, 3.8) is 0 Å². The fourth-order valence-electron chi connectivity index (χ4n) is 1.86. The third-order valence-corrected chi connectivity index (χ3v) is 3.04. The van der Waals surface area contributed by atoms with E-state index in [1.54, 1.807) is 37.3 Å². The standard InChI is InChI=1S/C16H17NO5/c1-3-12(18)15-11(7-6-10-17-15)16(19)22-21-14-9-5-4-8-13(14)20-2/h4-10,12,18H,3H2,1-2H3. The zero-order chi connectivity index (χ0) is 15.9. The molecule has 0 amide bonds. The highest BCUT2D eigenvalue weighted by Gasteiger charge is 2.20. The van der Waals surface area contributed by atoms with Gasteiger partial charge in [0.05, 0.1) is 24.5 Å². The van der Waals surface area contributed by atoms with Crippen LogP contribution in [0, 0.1) is 0 Å². The number of para-hydroxylation sites is 2. The molecule has 0 aliphatic rings. The number of hydrogen-bond acceptors (Lipinski definition) is 6. The van der Waals surface area contributed by atoms with E-state index in [9.17, 15) is 9.90 Å². The van der Waals surface area contributed by atoms with Gasteiger partial charge in [-0.3, -0.25) is 9.87 Å². The van der Waals surface area contributed by atoms with Crippen LogP contribution in [0.2, 0.25) is 0 Å². The topological polar surface area (TPSA) is 77.9 Å². The molecular weight excluding hydrogens is 286 g/mol. The third-order valence-electron chi connectivity index (χ3n) is 3.04. The van der Waals surface area contributed by atoms with Gasteiger partial charge in [-0.15, -0.1) is 0 Å². The zero-order valence-corrected chi connectivity index (χ0v) is 12.4. The predicted molar refractivity (Wildman–Crippen MR) is 78.5 cm³/mol. The Morgan fingerprint density at radius 1 is 1.23 bits per heavy atom. The van der Waals surface area contributed by atoms with E-state index in [-0.39, 0.29) is 17.0 Å². The van der Waals surface area contributed by atoms with Gasteiger partial charge in [-0.05, 0) is 30.7 Å². The summed E-state index contributed by atoms with van der Waals surface area (Å²) in [6.45, 7) is 1.79. The van der Waals surface area contributed by atoms with Crippen LogP contribution >= 0.6 is 0 Å². The number of aliphatic hydroxyl groups is 1. The Bertz CT molecular complexity index is 644. The zero-order valence-electron chi connectivity index (χ0n) is 12.4. The second-order valence-corrected chi connectivity index (χ2v) is 4.47. The Hall–Kier alpha value is -2.60. The van der Waals surface area contributed by atoms with Crippen molar-refractivity contribution < 1.29 is 24.4 Å². The number of aliphatic hydroxyl groups excluding tert-OH is 1. The van der Waals surface area contributed by atoms with Gasteiger partial charge >= 0.3 is 5.97 Å². The van der Waals surface area contributed by atoms with Crippen LogP contribution < -0.4 is 9.62 Å². The van der Waals surface area contributed by atoms with E-state index >= 15 is 0 Å². The Morgan fingerprint density at radius 2 is 1.95 bits per heavy atom. The van der Waals surface area contributed by atoms with Gasteiger partial charge in [-0.1, -0.05) is 19.1 Å². The summed E-state index contributed by atoms with van der Waals surface area (Å²) in [6.07, 6.45) is 1.10. The highest BCUT2D eigenvalue weighted by Crippen LogP contribution is 2.26. The van der Waals surface area contributed by atoms with Gasteiger partial charge in [-0.2, -0.15) is 0 Å². The first-order valence-corrected chi connectivity index (χ1v) is 6.82. The first-order valence-electron chi connectivity index (χ1n) is 6.82. The average molecular weight is 303 g/mol. The minimum atomic E-state index is -0.838. The quantitative estimate of drug-likeness (QED) is 0.653. The van der Waals surface area contributed by atoms with Crippen molar-refractivity contribution in [3.8, 4) is 11.5 Å². The maximum absolute atomic E-state index is 12.1. The minimum Gasteiger partial charge on any atom is -0.493 e. The summed E-state index contributed by atoms with van der Waals surface area (Å²) in [5.41, 5.74) is 0.422. The number of benzene rings is 1. The van der Waals surface area contributed by atoms with Gasteiger partial charge in [-0.25, -0.2) is 9.68 Å². The van der Waals surface area contributed by atoms with Gasteiger partial charge in [0.2, 0.25) is 5.75 Å². The van der Waals surface area contributed by atoms with Crippen LogP contribution in [0.5, 0.6) is 11.5 Å². The molecule has 6 heteroatoms. The number of pyridine rings is 1. The lowest BCUT2D eigenvalue weighted by atomic mass is 10.1. The lowest BCUT2D eigenvalue weighted by molar-refractivity contribution is -0.150. The smallest absolute Gasteiger partial charge is 0.388 e. The van der Waals surface area contributed by atoms with Gasteiger partial charge < -0.3 is 9.84 Å². The number of carbonyl (C=O) groups excluding carboxylic acids is 1. The Labute approximate surface area is 128 Å². The molecule has 0 spiro atoms. The molecule has 0 radical (unpaired) electrons. The van der Waals surface area contributed by atoms with Crippen molar-refractivity contribution >= 4 is 5.97 Å². The monoisotopic (exact) mass is 303 g/mol. The molecule has 22 heavy (non-hydrogen) atoms. The summed E-state index contributed by atoms with van der Waals surface area (Å²) in [5, 5.41) is 9.90. The third kappa shape index (κ3) is 3.53. The number of hydrogen-bond donors (Lipinski definition) is 1. The Morgan fingerprint density at radius 3 is 2.64 bits per heavy atom. The van der Waals surface area contributed by atoms with Crippen LogP contribution in [0.3, 0.4) is 0 Å². The summed E-state index contributed by atoms with van der Waals surface area (Å²) >= 11 is 0. The minimum absolute atomic E-state index is 0.159. The molecule has 116 valence electrons. The van der Waals surface area contributed by atoms with Crippen molar-refractivity contribution in [2.45, 2.75) is 19.4 Å².